The number of hydrogen-bond donors (Lipinski definition) is 2. The largest absolute Gasteiger partial charge is 0.330 e. The third-order valence-electron chi connectivity index (χ3n) is 3.64. The lowest BCUT2D eigenvalue weighted by Gasteiger charge is -2.22. The molecule has 20 heavy (non-hydrogen) atoms. The van der Waals surface area contributed by atoms with Crippen molar-refractivity contribution in [2.75, 3.05) is 32.7 Å². The van der Waals surface area contributed by atoms with Gasteiger partial charge in [0.05, 0.1) is 0 Å². The third-order valence-corrected chi connectivity index (χ3v) is 3.64. The highest BCUT2D eigenvalue weighted by Crippen LogP contribution is 2.06. The van der Waals surface area contributed by atoms with Gasteiger partial charge in [0, 0.05) is 0 Å². The van der Waals surface area contributed by atoms with Gasteiger partial charge in [0.2, 0.25) is 0 Å². The first-order chi connectivity index (χ1) is 9.86. The summed E-state index contributed by atoms with van der Waals surface area (Å²) in [5.74, 6) is 0. The molecule has 0 saturated heterocycles. The normalized spacial score (nSPS) is 11.2. The van der Waals surface area contributed by atoms with E-state index in [1.165, 1.54) is 44.3 Å². The number of nitrogens with zero attached hydrogens (tertiary/aromatic N) is 1. The quantitative estimate of drug-likeness (QED) is 0.577. The van der Waals surface area contributed by atoms with Crippen LogP contribution < -0.4 is 11.5 Å². The molecule has 3 nitrogen and oxygen atoms in total. The van der Waals surface area contributed by atoms with Crippen LogP contribution in [-0.4, -0.2) is 37.6 Å². The van der Waals surface area contributed by atoms with Crippen molar-refractivity contribution in [1.82, 2.24) is 4.90 Å². The molecule has 0 aliphatic rings. The Morgan fingerprint density at radius 2 is 1.30 bits per heavy atom. The molecule has 0 bridgehead atoms. The molecule has 0 aromatic heterocycles. The molecule has 3 heteroatoms. The van der Waals surface area contributed by atoms with E-state index in [2.05, 4.69) is 35.2 Å². The van der Waals surface area contributed by atoms with E-state index in [-0.39, 0.29) is 0 Å². The minimum Gasteiger partial charge on any atom is -0.330 e. The smallest absolute Gasteiger partial charge is 0.000672 e. The summed E-state index contributed by atoms with van der Waals surface area (Å²) in [5, 5.41) is 0. The molecule has 0 amide bonds. The lowest BCUT2D eigenvalue weighted by atomic mass is 10.1. The van der Waals surface area contributed by atoms with Crippen molar-refractivity contribution in [3.05, 3.63) is 35.9 Å². The molecule has 0 unspecified atom stereocenters. The average Bonchev–Trinajstić information content (AvgIpc) is 2.49. The van der Waals surface area contributed by atoms with E-state index < -0.39 is 0 Å². The van der Waals surface area contributed by atoms with Crippen LogP contribution in [0.1, 0.15) is 37.7 Å². The number of nitrogens with two attached hydrogens (primary N) is 2. The second-order valence-corrected chi connectivity index (χ2v) is 5.42. The van der Waals surface area contributed by atoms with Crippen LogP contribution >= 0.6 is 0 Å². The van der Waals surface area contributed by atoms with Crippen LogP contribution in [0.25, 0.3) is 0 Å². The monoisotopic (exact) mass is 277 g/mol. The molecule has 0 aliphatic heterocycles. The van der Waals surface area contributed by atoms with Crippen LogP contribution in [0.2, 0.25) is 0 Å². The highest BCUT2D eigenvalue weighted by Gasteiger charge is 2.04. The van der Waals surface area contributed by atoms with Crippen molar-refractivity contribution in [2.24, 2.45) is 11.5 Å². The summed E-state index contributed by atoms with van der Waals surface area (Å²) >= 11 is 0. The number of hydrogen-bond acceptors (Lipinski definition) is 3. The molecule has 114 valence electrons. The lowest BCUT2D eigenvalue weighted by molar-refractivity contribution is 0.261. The Kier molecular flexibility index (Phi) is 10.2. The standard InChI is InChI=1S/C17H31N3/c18-12-5-7-15-20(16-8-13-19)14-6-4-11-17-9-2-1-3-10-17/h1-3,9-10H,4-8,11-16,18-19H2. The Morgan fingerprint density at radius 3 is 1.95 bits per heavy atom. The van der Waals surface area contributed by atoms with Gasteiger partial charge in [-0.15, -0.1) is 0 Å². The van der Waals surface area contributed by atoms with Crippen molar-refractivity contribution in [2.45, 2.75) is 38.5 Å². The van der Waals surface area contributed by atoms with Gasteiger partial charge in [0.15, 0.2) is 0 Å². The first-order valence-electron chi connectivity index (χ1n) is 8.03. The summed E-state index contributed by atoms with van der Waals surface area (Å²) in [5.41, 5.74) is 12.6. The number of benzene rings is 1. The molecule has 1 rings (SSSR count). The highest BCUT2D eigenvalue weighted by atomic mass is 15.1. The van der Waals surface area contributed by atoms with Crippen LogP contribution in [-0.2, 0) is 6.42 Å². The molecule has 0 saturated carbocycles. The van der Waals surface area contributed by atoms with Crippen molar-refractivity contribution in [1.29, 1.82) is 0 Å². The van der Waals surface area contributed by atoms with Crippen molar-refractivity contribution in [3.8, 4) is 0 Å². The van der Waals surface area contributed by atoms with Gasteiger partial charge in [-0.25, -0.2) is 0 Å². The molecule has 1 aromatic carbocycles. The van der Waals surface area contributed by atoms with Crippen molar-refractivity contribution in [3.63, 3.8) is 0 Å². The van der Waals surface area contributed by atoms with E-state index in [4.69, 9.17) is 11.5 Å². The minimum absolute atomic E-state index is 0.789. The summed E-state index contributed by atoms with van der Waals surface area (Å²) in [7, 11) is 0. The number of rotatable bonds is 12. The molecule has 0 heterocycles. The lowest BCUT2D eigenvalue weighted by Crippen LogP contribution is -2.29. The molecule has 4 N–H and O–H groups in total. The Balaban J connectivity index is 2.16. The zero-order valence-electron chi connectivity index (χ0n) is 12.8. The van der Waals surface area contributed by atoms with Crippen LogP contribution in [0.3, 0.4) is 0 Å². The Labute approximate surface area is 124 Å². The predicted octanol–water partition coefficient (Wildman–Crippen LogP) is 2.40. The van der Waals surface area contributed by atoms with E-state index in [0.717, 1.165) is 32.5 Å². The van der Waals surface area contributed by atoms with Gasteiger partial charge in [-0.3, -0.25) is 0 Å². The topological polar surface area (TPSA) is 55.3 Å². The van der Waals surface area contributed by atoms with Crippen molar-refractivity contribution >= 4 is 0 Å². The van der Waals surface area contributed by atoms with Gasteiger partial charge in [0.25, 0.3) is 0 Å². The second-order valence-electron chi connectivity index (χ2n) is 5.42. The number of unbranched alkanes of at least 4 members (excludes halogenated alkanes) is 2. The fraction of sp³-hybridized carbons (Fsp3) is 0.647. The summed E-state index contributed by atoms with van der Waals surface area (Å²) < 4.78 is 0. The van der Waals surface area contributed by atoms with Crippen LogP contribution in [0.4, 0.5) is 0 Å². The molecule has 1 aromatic rings. The second kappa shape index (κ2) is 11.9. The summed E-state index contributed by atoms with van der Waals surface area (Å²) in [6.07, 6.45) is 7.15. The first kappa shape index (κ1) is 17.2. The maximum absolute atomic E-state index is 5.62. The number of aryl methyl sites for hydroxylation is 1. The molecular weight excluding hydrogens is 246 g/mol. The van der Waals surface area contributed by atoms with E-state index >= 15 is 0 Å². The van der Waals surface area contributed by atoms with E-state index in [9.17, 15) is 0 Å². The van der Waals surface area contributed by atoms with Gasteiger partial charge in [-0.2, -0.15) is 0 Å². The van der Waals surface area contributed by atoms with Gasteiger partial charge in [0.1, 0.15) is 0 Å². The van der Waals surface area contributed by atoms with Gasteiger partial charge >= 0.3 is 0 Å². The molecule has 0 atom stereocenters. The fourth-order valence-electron chi connectivity index (χ4n) is 2.44. The summed E-state index contributed by atoms with van der Waals surface area (Å²) in [6.45, 7) is 5.09. The van der Waals surface area contributed by atoms with E-state index in [1.807, 2.05) is 0 Å². The Morgan fingerprint density at radius 1 is 0.700 bits per heavy atom. The summed E-state index contributed by atoms with van der Waals surface area (Å²) in [4.78, 5) is 2.55. The third kappa shape index (κ3) is 8.31. The van der Waals surface area contributed by atoms with Crippen LogP contribution in [0, 0.1) is 0 Å². The highest BCUT2D eigenvalue weighted by molar-refractivity contribution is 5.14. The summed E-state index contributed by atoms with van der Waals surface area (Å²) in [6, 6.07) is 10.8. The van der Waals surface area contributed by atoms with Gasteiger partial charge in [-0.05, 0) is 76.8 Å². The minimum atomic E-state index is 0.789. The van der Waals surface area contributed by atoms with E-state index in [1.54, 1.807) is 0 Å². The molecular formula is C17H31N3. The molecule has 0 radical (unpaired) electrons. The molecule has 0 aliphatic carbocycles. The van der Waals surface area contributed by atoms with E-state index in [0.29, 0.717) is 0 Å². The van der Waals surface area contributed by atoms with Crippen LogP contribution in [0.5, 0.6) is 0 Å². The Bertz CT molecular complexity index is 313. The molecule has 0 fully saturated rings. The van der Waals surface area contributed by atoms with Gasteiger partial charge in [-0.1, -0.05) is 30.3 Å². The SMILES string of the molecule is NCCCCN(CCCN)CCCCc1ccccc1. The van der Waals surface area contributed by atoms with Gasteiger partial charge < -0.3 is 16.4 Å². The average molecular weight is 277 g/mol. The maximum atomic E-state index is 5.62. The maximum Gasteiger partial charge on any atom is -0.000672 e. The zero-order chi connectivity index (χ0) is 14.5. The van der Waals surface area contributed by atoms with Crippen molar-refractivity contribution < 1.29 is 0 Å². The Hall–Kier alpha value is -0.900. The van der Waals surface area contributed by atoms with Crippen LogP contribution in [0.15, 0.2) is 30.3 Å². The fourth-order valence-corrected chi connectivity index (χ4v) is 2.44. The molecule has 0 spiro atoms. The first-order valence-corrected chi connectivity index (χ1v) is 8.03. The zero-order valence-corrected chi connectivity index (χ0v) is 12.8. The predicted molar refractivity (Wildman–Crippen MR) is 87.8 cm³/mol.